The van der Waals surface area contributed by atoms with Crippen LogP contribution in [0, 0.1) is 0 Å². The lowest BCUT2D eigenvalue weighted by Crippen LogP contribution is -2.60. The zero-order valence-corrected chi connectivity index (χ0v) is 41.7. The lowest BCUT2D eigenvalue weighted by atomic mass is 10.00. The van der Waals surface area contributed by atoms with Crippen molar-refractivity contribution in [1.82, 2.24) is 0 Å². The number of hydrogen-bond acceptors (Lipinski definition) is 11. The Labute approximate surface area is 395 Å². The van der Waals surface area contributed by atoms with E-state index in [1.54, 1.807) is 0 Å². The quantitative estimate of drug-likeness (QED) is 0.0196. The van der Waals surface area contributed by atoms with Crippen LogP contribution in [0.15, 0.2) is 36.5 Å². The molecule has 1 heterocycles. The largest absolute Gasteiger partial charge is 0.462 e. The number of aliphatic hydroxyl groups excluding tert-OH is 3. The molecule has 0 aromatic rings. The summed E-state index contributed by atoms with van der Waals surface area (Å²) in [6.45, 7) is 3.67. The van der Waals surface area contributed by atoms with Crippen molar-refractivity contribution in [3.63, 3.8) is 0 Å². The Morgan fingerprint density at radius 3 is 1.45 bits per heavy atom. The summed E-state index contributed by atoms with van der Waals surface area (Å²) in [5.41, 5.74) is 0. The normalized spacial score (nSPS) is 19.8. The highest BCUT2D eigenvalue weighted by atomic mass is 32.2. The van der Waals surface area contributed by atoms with Crippen molar-refractivity contribution < 1.29 is 56.8 Å². The van der Waals surface area contributed by atoms with Crippen LogP contribution < -0.4 is 0 Å². The molecule has 65 heavy (non-hydrogen) atoms. The molecule has 0 aliphatic carbocycles. The highest BCUT2D eigenvalue weighted by Gasteiger charge is 2.46. The monoisotopic (exact) mass is 943 g/mol. The second kappa shape index (κ2) is 42.0. The minimum absolute atomic E-state index is 0.146. The topological polar surface area (TPSA) is 186 Å². The minimum atomic E-state index is -4.61. The molecule has 380 valence electrons. The van der Waals surface area contributed by atoms with Crippen LogP contribution >= 0.6 is 0 Å². The zero-order valence-electron chi connectivity index (χ0n) is 40.8. The number of esters is 2. The average molecular weight is 943 g/mol. The Kier molecular flexibility index (Phi) is 39.4. The van der Waals surface area contributed by atoms with Gasteiger partial charge < -0.3 is 34.3 Å². The van der Waals surface area contributed by atoms with Gasteiger partial charge in [0.15, 0.2) is 12.4 Å². The van der Waals surface area contributed by atoms with Gasteiger partial charge in [0.25, 0.3) is 10.1 Å². The molecule has 12 nitrogen and oxygen atoms in total. The third-order valence-electron chi connectivity index (χ3n) is 12.0. The van der Waals surface area contributed by atoms with Crippen molar-refractivity contribution in [3.05, 3.63) is 36.5 Å². The Hall–Kier alpha value is -2.13. The Morgan fingerprint density at radius 2 is 0.969 bits per heavy atom. The number of carbonyl (C=O) groups excluding carboxylic acids is 2. The van der Waals surface area contributed by atoms with Gasteiger partial charge in [-0.25, -0.2) is 0 Å². The maximum Gasteiger partial charge on any atom is 0.306 e. The van der Waals surface area contributed by atoms with Gasteiger partial charge in [0.1, 0.15) is 36.8 Å². The van der Waals surface area contributed by atoms with Crippen LogP contribution in [0.2, 0.25) is 0 Å². The summed E-state index contributed by atoms with van der Waals surface area (Å²) >= 11 is 0. The second-order valence-corrected chi connectivity index (χ2v) is 19.7. The fraction of sp³-hybridized carbons (Fsp3) is 0.846. The molecule has 1 aliphatic heterocycles. The first-order chi connectivity index (χ1) is 31.5. The number of aliphatic hydroxyl groups is 3. The van der Waals surface area contributed by atoms with Gasteiger partial charge in [-0.1, -0.05) is 204 Å². The van der Waals surface area contributed by atoms with Crippen LogP contribution in [0.25, 0.3) is 0 Å². The van der Waals surface area contributed by atoms with Crippen molar-refractivity contribution in [3.8, 4) is 0 Å². The third kappa shape index (κ3) is 36.6. The lowest BCUT2D eigenvalue weighted by Gasteiger charge is -2.40. The Balaban J connectivity index is 2.34. The molecule has 6 atom stereocenters. The summed E-state index contributed by atoms with van der Waals surface area (Å²) in [7, 11) is -4.61. The maximum absolute atomic E-state index is 12.8. The molecule has 0 saturated carbocycles. The van der Waals surface area contributed by atoms with E-state index in [0.29, 0.717) is 12.8 Å². The summed E-state index contributed by atoms with van der Waals surface area (Å²) in [5, 5.41) is 31.0. The third-order valence-corrected chi connectivity index (χ3v) is 12.7. The van der Waals surface area contributed by atoms with Crippen LogP contribution in [0.5, 0.6) is 0 Å². The number of carbonyl (C=O) groups is 2. The first kappa shape index (κ1) is 60.9. The predicted octanol–water partition coefficient (Wildman–Crippen LogP) is 11.7. The van der Waals surface area contributed by atoms with E-state index in [9.17, 15) is 37.9 Å². The molecular weight excluding hydrogens is 849 g/mol. The van der Waals surface area contributed by atoms with Crippen molar-refractivity contribution in [2.75, 3.05) is 19.0 Å². The van der Waals surface area contributed by atoms with Crippen LogP contribution in [0.1, 0.15) is 226 Å². The number of allylic oxidation sites excluding steroid dienone is 6. The van der Waals surface area contributed by atoms with Crippen LogP contribution in [-0.4, -0.2) is 96.0 Å². The van der Waals surface area contributed by atoms with Gasteiger partial charge in [-0.2, -0.15) is 8.42 Å². The molecule has 0 radical (unpaired) electrons. The first-order valence-electron chi connectivity index (χ1n) is 26.0. The van der Waals surface area contributed by atoms with E-state index in [4.69, 9.17) is 18.9 Å². The number of rotatable bonds is 44. The Morgan fingerprint density at radius 1 is 0.538 bits per heavy atom. The van der Waals surface area contributed by atoms with Gasteiger partial charge >= 0.3 is 11.9 Å². The summed E-state index contributed by atoms with van der Waals surface area (Å²) in [6.07, 6.45) is 40.5. The fourth-order valence-electron chi connectivity index (χ4n) is 7.99. The molecule has 0 spiro atoms. The molecule has 1 rings (SSSR count). The van der Waals surface area contributed by atoms with Gasteiger partial charge in [0.05, 0.1) is 6.61 Å². The van der Waals surface area contributed by atoms with Crippen molar-refractivity contribution >= 4 is 22.1 Å². The van der Waals surface area contributed by atoms with E-state index < -0.39 is 71.2 Å². The van der Waals surface area contributed by atoms with Crippen molar-refractivity contribution in [2.45, 2.75) is 263 Å². The van der Waals surface area contributed by atoms with Gasteiger partial charge in [-0.3, -0.25) is 14.1 Å². The van der Waals surface area contributed by atoms with Crippen molar-refractivity contribution in [1.29, 1.82) is 0 Å². The second-order valence-electron chi connectivity index (χ2n) is 18.2. The van der Waals surface area contributed by atoms with E-state index in [1.807, 2.05) is 0 Å². The average Bonchev–Trinajstić information content (AvgIpc) is 3.27. The Bertz CT molecular complexity index is 1330. The summed E-state index contributed by atoms with van der Waals surface area (Å²) in [5.74, 6) is -2.00. The maximum atomic E-state index is 12.8. The summed E-state index contributed by atoms with van der Waals surface area (Å²) in [4.78, 5) is 25.5. The summed E-state index contributed by atoms with van der Waals surface area (Å²) in [6, 6.07) is 0. The number of unbranched alkanes of at least 4 members (excludes halogenated alkanes) is 26. The van der Waals surface area contributed by atoms with E-state index in [0.717, 1.165) is 70.6 Å². The van der Waals surface area contributed by atoms with E-state index in [1.165, 1.54) is 116 Å². The molecule has 0 amide bonds. The smallest absolute Gasteiger partial charge is 0.306 e. The first-order valence-corrected chi connectivity index (χ1v) is 27.7. The molecule has 0 bridgehead atoms. The molecule has 2 unspecified atom stereocenters. The highest BCUT2D eigenvalue weighted by molar-refractivity contribution is 7.85. The minimum Gasteiger partial charge on any atom is -0.462 e. The van der Waals surface area contributed by atoms with Crippen LogP contribution in [0.3, 0.4) is 0 Å². The predicted molar refractivity (Wildman–Crippen MR) is 261 cm³/mol. The highest BCUT2D eigenvalue weighted by Crippen LogP contribution is 2.24. The summed E-state index contributed by atoms with van der Waals surface area (Å²) < 4.78 is 54.2. The van der Waals surface area contributed by atoms with Gasteiger partial charge in [0, 0.05) is 12.8 Å². The molecule has 0 aromatic carbocycles. The van der Waals surface area contributed by atoms with Crippen LogP contribution in [-0.2, 0) is 38.7 Å². The van der Waals surface area contributed by atoms with E-state index in [2.05, 4.69) is 50.3 Å². The van der Waals surface area contributed by atoms with Gasteiger partial charge in [-0.05, 0) is 44.9 Å². The molecule has 1 aliphatic rings. The van der Waals surface area contributed by atoms with E-state index >= 15 is 0 Å². The lowest BCUT2D eigenvalue weighted by molar-refractivity contribution is -0.297. The molecule has 4 N–H and O–H groups in total. The number of hydrogen-bond donors (Lipinski definition) is 4. The standard InChI is InChI=1S/C52H94O12S/c1-3-5-7-9-11-13-15-17-19-20-21-22-23-24-25-27-28-30-32-34-36-38-40-47(53)61-42-45(43-62-52-51(57)50(56)49(55)46(64-52)44-65(58,59)60)63-48(54)41-39-37-35-33-31-29-26-18-16-14-12-10-8-6-4-2/h6,8,12,14,18,26,45-46,49-52,55-57H,3-5,7,9-11,13,15-17,19-25,27-44H2,1-2H3,(H,58,59,60)/b8-6+,14-12+,26-18+/t45-,46-,49-,50?,51?,52+/m1/s1. The van der Waals surface area contributed by atoms with Gasteiger partial charge in [0.2, 0.25) is 0 Å². The van der Waals surface area contributed by atoms with Crippen molar-refractivity contribution in [2.24, 2.45) is 0 Å². The molecular formula is C52H94O12S. The zero-order chi connectivity index (χ0) is 47.6. The molecule has 1 saturated heterocycles. The SMILES string of the molecule is CC/C=C/C/C=C/C/C=C/CCCCCCCC(=O)O[C@H](COC(=O)CCCCCCCCCCCCCCCCCCCCCCCC)CO[C@H]1O[C@H](CS(=O)(=O)O)[C@@H](O)C(O)C1O. The molecule has 1 fully saturated rings. The number of ether oxygens (including phenoxy) is 4. The van der Waals surface area contributed by atoms with Gasteiger partial charge in [-0.15, -0.1) is 0 Å². The van der Waals surface area contributed by atoms with Crippen LogP contribution in [0.4, 0.5) is 0 Å². The van der Waals surface area contributed by atoms with E-state index in [-0.39, 0.29) is 19.4 Å². The molecule has 13 heteroatoms. The fourth-order valence-corrected chi connectivity index (χ4v) is 8.68. The molecule has 0 aromatic heterocycles.